The molecule has 4 bridgehead atoms. The lowest BCUT2D eigenvalue weighted by Crippen LogP contribution is -2.84. The molecule has 5 fully saturated rings. The topological polar surface area (TPSA) is 79.2 Å². The molecule has 2 aliphatic heterocycles. The number of benzene rings is 1. The number of carbonyl (C=O) groups is 1. The normalized spacial score (nSPS) is 43.0. The lowest BCUT2D eigenvalue weighted by Gasteiger charge is -2.75. The van der Waals surface area contributed by atoms with Crippen molar-refractivity contribution in [3.63, 3.8) is 0 Å². The predicted molar refractivity (Wildman–Crippen MR) is 131 cm³/mol. The van der Waals surface area contributed by atoms with Crippen molar-refractivity contribution in [2.75, 3.05) is 20.2 Å². The van der Waals surface area contributed by atoms with E-state index < -0.39 is 11.2 Å². The molecule has 1 saturated heterocycles. The fraction of sp³-hybridized carbons (Fsp3) is 0.759. The number of ether oxygens (including phenoxy) is 2. The van der Waals surface area contributed by atoms with E-state index >= 15 is 0 Å². The van der Waals surface area contributed by atoms with E-state index in [2.05, 4.69) is 25.7 Å². The highest BCUT2D eigenvalue weighted by molar-refractivity contribution is 6.06. The van der Waals surface area contributed by atoms with Crippen LogP contribution < -0.4 is 4.74 Å². The van der Waals surface area contributed by atoms with Gasteiger partial charge in [-0.2, -0.15) is 0 Å². The lowest BCUT2D eigenvalue weighted by molar-refractivity contribution is -0.307. The van der Waals surface area contributed by atoms with Crippen molar-refractivity contribution in [1.29, 1.82) is 0 Å². The summed E-state index contributed by atoms with van der Waals surface area (Å²) in [6.45, 7) is 10.1. The van der Waals surface area contributed by atoms with Gasteiger partial charge in [0.2, 0.25) is 0 Å². The maximum atomic E-state index is 14.4. The summed E-state index contributed by atoms with van der Waals surface area (Å²) in [6.07, 6.45) is 5.43. The number of aliphatic hydroxyl groups is 1. The molecule has 0 amide bonds. The van der Waals surface area contributed by atoms with E-state index in [0.717, 1.165) is 49.9 Å². The number of fused-ring (bicyclic) bond motifs is 2. The van der Waals surface area contributed by atoms with E-state index in [1.54, 1.807) is 13.2 Å². The van der Waals surface area contributed by atoms with Crippen LogP contribution in [-0.2, 0) is 10.2 Å². The van der Waals surface area contributed by atoms with E-state index in [9.17, 15) is 15.0 Å². The van der Waals surface area contributed by atoms with Gasteiger partial charge in [-0.1, -0.05) is 20.8 Å². The van der Waals surface area contributed by atoms with Gasteiger partial charge in [-0.3, -0.25) is 9.69 Å². The van der Waals surface area contributed by atoms with Crippen molar-refractivity contribution in [3.05, 3.63) is 23.3 Å². The maximum Gasteiger partial charge on any atom is 0.180 e. The van der Waals surface area contributed by atoms with Gasteiger partial charge in [-0.15, -0.1) is 0 Å². The van der Waals surface area contributed by atoms with Crippen molar-refractivity contribution < 1.29 is 24.5 Å². The Balaban J connectivity index is 1.51. The molecule has 6 heteroatoms. The summed E-state index contributed by atoms with van der Waals surface area (Å²) in [7, 11) is 1.77. The third-order valence-electron chi connectivity index (χ3n) is 11.7. The Labute approximate surface area is 208 Å². The molecule has 1 aromatic carbocycles. The summed E-state index contributed by atoms with van der Waals surface area (Å²) >= 11 is 0. The molecule has 7 aliphatic rings. The van der Waals surface area contributed by atoms with E-state index in [1.807, 2.05) is 13.0 Å². The van der Waals surface area contributed by atoms with Gasteiger partial charge in [-0.05, 0) is 75.5 Å². The first kappa shape index (κ1) is 22.6. The van der Waals surface area contributed by atoms with Gasteiger partial charge in [0.25, 0.3) is 0 Å². The monoisotopic (exact) mass is 481 g/mol. The molecule has 2 N–H and O–H groups in total. The quantitative estimate of drug-likeness (QED) is 0.675. The molecule has 4 saturated carbocycles. The zero-order chi connectivity index (χ0) is 24.8. The highest BCUT2D eigenvalue weighted by atomic mass is 16.6. The molecule has 7 atom stereocenters. The van der Waals surface area contributed by atoms with Crippen molar-refractivity contribution >= 4 is 5.78 Å². The molecular formula is C29H39NO5. The van der Waals surface area contributed by atoms with Gasteiger partial charge in [0, 0.05) is 41.5 Å². The number of likely N-dealkylation sites (tertiary alicyclic amines) is 1. The summed E-state index contributed by atoms with van der Waals surface area (Å²) in [5.41, 5.74) is -1.16. The Morgan fingerprint density at radius 1 is 1.17 bits per heavy atom. The van der Waals surface area contributed by atoms with Crippen LogP contribution in [-0.4, -0.2) is 64.4 Å². The second-order valence-corrected chi connectivity index (χ2v) is 13.7. The molecule has 35 heavy (non-hydrogen) atoms. The number of nitrogens with zero attached hydrogens (tertiary/aromatic N) is 1. The number of phenolic OH excluding ortho intramolecular Hbond substituents is 1. The molecular weight excluding hydrogens is 442 g/mol. The lowest BCUT2D eigenvalue weighted by atomic mass is 9.33. The summed E-state index contributed by atoms with van der Waals surface area (Å²) in [5.74, 6) is 1.28. The van der Waals surface area contributed by atoms with Crippen LogP contribution in [0.3, 0.4) is 0 Å². The minimum Gasteiger partial charge on any atom is -0.504 e. The average Bonchev–Trinajstić information content (AvgIpc) is 3.54. The number of methoxy groups -OCH3 is 1. The van der Waals surface area contributed by atoms with Gasteiger partial charge in [0.1, 0.15) is 11.7 Å². The van der Waals surface area contributed by atoms with Crippen LogP contribution in [0.15, 0.2) is 12.1 Å². The van der Waals surface area contributed by atoms with E-state index in [-0.39, 0.29) is 45.8 Å². The fourth-order valence-electron chi connectivity index (χ4n) is 9.40. The van der Waals surface area contributed by atoms with Gasteiger partial charge < -0.3 is 19.7 Å². The molecule has 6 nitrogen and oxygen atoms in total. The van der Waals surface area contributed by atoms with E-state index in [4.69, 9.17) is 9.47 Å². The Bertz CT molecular complexity index is 1130. The standard InChI is InChI=1S/C29H39NO5/c1-25(2,3)26(4,33)19-14-27-10-11-29(19,34-5)24-28(27)12-13-30(15-16-6-7-16)23(27)21(32)17-8-9-18(31)22(35-24)20(17)28/h8-9,16,19,23-24,31,33H,6-7,10-15H2,1-5H3/t19-,23-,24-,26+,27-,28+,29-/m1/s1. The molecule has 2 spiro atoms. The second kappa shape index (κ2) is 6.43. The third-order valence-corrected chi connectivity index (χ3v) is 11.7. The minimum atomic E-state index is -1.03. The summed E-state index contributed by atoms with van der Waals surface area (Å²) < 4.78 is 13.3. The Morgan fingerprint density at radius 2 is 1.91 bits per heavy atom. The SMILES string of the molecule is CO[C@]12CC[C@@]3(C[C@@H]1[C@](C)(O)C(C)(C)C)[C@H]1C(=O)c4ccc(O)c5c4[C@@]3(CCN1CC1CC1)[C@H]2O5. The zero-order valence-electron chi connectivity index (χ0n) is 21.7. The van der Waals surface area contributed by atoms with Gasteiger partial charge in [0.05, 0.1) is 11.6 Å². The number of phenols is 1. The van der Waals surface area contributed by atoms with Crippen LogP contribution >= 0.6 is 0 Å². The number of aromatic hydroxyl groups is 1. The van der Waals surface area contributed by atoms with Crippen LogP contribution in [0.25, 0.3) is 0 Å². The number of hydrogen-bond donors (Lipinski definition) is 2. The largest absolute Gasteiger partial charge is 0.504 e. The molecule has 2 heterocycles. The summed E-state index contributed by atoms with van der Waals surface area (Å²) in [4.78, 5) is 16.9. The highest BCUT2D eigenvalue weighted by Gasteiger charge is 2.83. The number of piperidine rings is 1. The molecule has 5 aliphatic carbocycles. The summed E-state index contributed by atoms with van der Waals surface area (Å²) in [6, 6.07) is 3.25. The van der Waals surface area contributed by atoms with Crippen LogP contribution in [0.5, 0.6) is 11.5 Å². The summed E-state index contributed by atoms with van der Waals surface area (Å²) in [5, 5.41) is 23.1. The first-order valence-corrected chi connectivity index (χ1v) is 13.5. The maximum absolute atomic E-state index is 14.4. The van der Waals surface area contributed by atoms with E-state index in [0.29, 0.717) is 11.7 Å². The van der Waals surface area contributed by atoms with Gasteiger partial charge in [0.15, 0.2) is 17.3 Å². The number of rotatable bonds is 4. The van der Waals surface area contributed by atoms with Crippen molar-refractivity contribution in [2.24, 2.45) is 22.7 Å². The van der Waals surface area contributed by atoms with Crippen LogP contribution in [0.4, 0.5) is 0 Å². The van der Waals surface area contributed by atoms with Crippen LogP contribution in [0, 0.1) is 22.7 Å². The molecule has 190 valence electrons. The van der Waals surface area contributed by atoms with Crippen LogP contribution in [0.2, 0.25) is 0 Å². The Hall–Kier alpha value is -1.63. The van der Waals surface area contributed by atoms with Crippen molar-refractivity contribution in [3.8, 4) is 11.5 Å². The molecule has 0 unspecified atom stereocenters. The second-order valence-electron chi connectivity index (χ2n) is 13.7. The first-order chi connectivity index (χ1) is 16.4. The van der Waals surface area contributed by atoms with Crippen molar-refractivity contribution in [1.82, 2.24) is 4.90 Å². The average molecular weight is 482 g/mol. The smallest absolute Gasteiger partial charge is 0.180 e. The first-order valence-electron chi connectivity index (χ1n) is 13.5. The fourth-order valence-corrected chi connectivity index (χ4v) is 9.40. The predicted octanol–water partition coefficient (Wildman–Crippen LogP) is 4.05. The molecule has 8 rings (SSSR count). The Morgan fingerprint density at radius 3 is 2.57 bits per heavy atom. The number of carbonyl (C=O) groups excluding carboxylic acids is 1. The Kier molecular flexibility index (Phi) is 4.15. The number of Topliss-reactive ketones (excluding diaryl/α,β-unsaturated/α-hetero) is 1. The van der Waals surface area contributed by atoms with Crippen molar-refractivity contribution in [2.45, 2.75) is 95.0 Å². The zero-order valence-corrected chi connectivity index (χ0v) is 21.7. The van der Waals surface area contributed by atoms with Gasteiger partial charge in [-0.25, -0.2) is 0 Å². The van der Waals surface area contributed by atoms with E-state index in [1.165, 1.54) is 12.8 Å². The number of ketones is 1. The van der Waals surface area contributed by atoms with Crippen LogP contribution in [0.1, 0.15) is 82.1 Å². The molecule has 1 aromatic rings. The number of hydrogen-bond acceptors (Lipinski definition) is 6. The third kappa shape index (κ3) is 2.32. The molecule has 0 radical (unpaired) electrons. The highest BCUT2D eigenvalue weighted by Crippen LogP contribution is 2.78. The molecule has 0 aromatic heterocycles. The van der Waals surface area contributed by atoms with Gasteiger partial charge >= 0.3 is 0 Å². The minimum absolute atomic E-state index is 0.110.